The van der Waals surface area contributed by atoms with E-state index in [2.05, 4.69) is 4.98 Å². The largest absolute Gasteiger partial charge is 0.555 e. The minimum Gasteiger partial charge on any atom is -0.555 e. The van der Waals surface area contributed by atoms with E-state index in [4.69, 9.17) is 0 Å². The van der Waals surface area contributed by atoms with Crippen LogP contribution in [0.3, 0.4) is 0 Å². The molecule has 3 nitrogen and oxygen atoms in total. The molecule has 0 aliphatic rings. The van der Waals surface area contributed by atoms with Crippen LogP contribution in [0.2, 0.25) is 0 Å². The standard InChI is InChI=1S/C3H3NO2/c5-6-2-1-4-3-6/h1-3H. The van der Waals surface area contributed by atoms with E-state index >= 15 is 0 Å². The van der Waals surface area contributed by atoms with Gasteiger partial charge < -0.3 is 9.46 Å². The van der Waals surface area contributed by atoms with Crippen molar-refractivity contribution in [3.8, 4) is 0 Å². The second kappa shape index (κ2) is 1.01. The van der Waals surface area contributed by atoms with Crippen molar-refractivity contribution in [1.82, 2.24) is 4.98 Å². The van der Waals surface area contributed by atoms with Crippen LogP contribution in [0.5, 0.6) is 0 Å². The molecule has 1 rings (SSSR count). The van der Waals surface area contributed by atoms with Crippen molar-refractivity contribution in [3.05, 3.63) is 18.9 Å². The Morgan fingerprint density at radius 2 is 2.50 bits per heavy atom. The molecule has 0 aromatic carbocycles. The molecule has 1 heterocycles. The summed E-state index contributed by atoms with van der Waals surface area (Å²) in [7, 11) is 0. The van der Waals surface area contributed by atoms with E-state index in [1.54, 1.807) is 0 Å². The fourth-order valence-corrected chi connectivity index (χ4v) is 0.225. The van der Waals surface area contributed by atoms with Gasteiger partial charge in [0.05, 0.1) is 0 Å². The Bertz CT molecular complexity index is 112. The molecule has 32 valence electrons. The van der Waals surface area contributed by atoms with Crippen molar-refractivity contribution >= 4 is 0 Å². The van der Waals surface area contributed by atoms with Gasteiger partial charge in [0.15, 0.2) is 0 Å². The Hall–Kier alpha value is -0.990. The van der Waals surface area contributed by atoms with Gasteiger partial charge in [0.1, 0.15) is 6.20 Å². The van der Waals surface area contributed by atoms with E-state index < -0.39 is 0 Å². The van der Waals surface area contributed by atoms with Crippen molar-refractivity contribution in [3.63, 3.8) is 0 Å². The molecule has 6 heavy (non-hydrogen) atoms. The first-order chi connectivity index (χ1) is 2.89. The zero-order valence-electron chi connectivity index (χ0n) is 3.00. The highest BCUT2D eigenvalue weighted by Gasteiger charge is 1.75. The predicted molar refractivity (Wildman–Crippen MR) is 16.5 cm³/mol. The van der Waals surface area contributed by atoms with Crippen molar-refractivity contribution in [1.29, 1.82) is 0 Å². The topological polar surface area (TPSA) is 38.7 Å². The molecule has 0 amide bonds. The maximum atomic E-state index is 9.84. The van der Waals surface area contributed by atoms with Crippen LogP contribution < -0.4 is 5.26 Å². The fourth-order valence-electron chi connectivity index (χ4n) is 0.225. The summed E-state index contributed by atoms with van der Waals surface area (Å²) in [5, 5.41) is 9.84. The molecule has 0 aliphatic heterocycles. The number of nitrogens with zero attached hydrogens (tertiary/aromatic N) is 1. The Morgan fingerprint density at radius 1 is 1.67 bits per heavy atom. The molecule has 0 unspecified atom stereocenters. The minimum absolute atomic E-state index is 1.11. The van der Waals surface area contributed by atoms with Crippen LogP contribution in [0.15, 0.2) is 23.1 Å². The van der Waals surface area contributed by atoms with E-state index in [9.17, 15) is 5.26 Å². The average Bonchev–Trinajstić information content (AvgIpc) is 1.86. The van der Waals surface area contributed by atoms with Crippen molar-refractivity contribution < 1.29 is 9.46 Å². The van der Waals surface area contributed by atoms with Gasteiger partial charge in [0, 0.05) is 0 Å². The average molecular weight is 85.1 g/mol. The minimum atomic E-state index is 1.11. The number of hydrogen-bond donors (Lipinski definition) is 0. The van der Waals surface area contributed by atoms with Crippen LogP contribution in [-0.2, 0) is 0 Å². The van der Waals surface area contributed by atoms with Gasteiger partial charge in [0.25, 0.3) is 6.26 Å². The third kappa shape index (κ3) is 0.337. The van der Waals surface area contributed by atoms with E-state index in [0.29, 0.717) is 0 Å². The lowest BCUT2D eigenvalue weighted by molar-refractivity contribution is -0.697. The molecule has 1 aromatic heterocycles. The van der Waals surface area contributed by atoms with Gasteiger partial charge in [-0.25, -0.2) is 0 Å². The second-order valence-electron chi connectivity index (χ2n) is 0.868. The number of hydrogen-bond acceptors (Lipinski definition) is 2. The molecular weight excluding hydrogens is 82.0 g/mol. The van der Waals surface area contributed by atoms with Crippen LogP contribution in [0.1, 0.15) is 0 Å². The van der Waals surface area contributed by atoms with Crippen LogP contribution in [0.25, 0.3) is 0 Å². The van der Waals surface area contributed by atoms with E-state index in [1.165, 1.54) is 16.7 Å². The zero-order chi connectivity index (χ0) is 4.41. The fraction of sp³-hybridized carbons (Fsp3) is 0. The van der Waals surface area contributed by atoms with E-state index in [-0.39, 0.29) is 0 Å². The molecule has 0 saturated heterocycles. The van der Waals surface area contributed by atoms with Crippen molar-refractivity contribution in [2.24, 2.45) is 0 Å². The summed E-state index contributed by atoms with van der Waals surface area (Å²) in [4.78, 5) is 3.44. The third-order valence-electron chi connectivity index (χ3n) is 0.446. The first kappa shape index (κ1) is 3.21. The summed E-state index contributed by atoms with van der Waals surface area (Å²) < 4.78 is 1.30. The van der Waals surface area contributed by atoms with Crippen LogP contribution in [0, 0.1) is 0 Å². The second-order valence-corrected chi connectivity index (χ2v) is 0.868. The first-order valence-corrected chi connectivity index (χ1v) is 1.49. The zero-order valence-corrected chi connectivity index (χ0v) is 3.00. The summed E-state index contributed by atoms with van der Waals surface area (Å²) in [5.74, 6) is 0. The highest BCUT2D eigenvalue weighted by atomic mass is 17.1. The number of aromatic nitrogens is 1. The SMILES string of the molecule is [O-][o+]1ccnc1. The maximum Gasteiger partial charge on any atom is 0.345 e. The summed E-state index contributed by atoms with van der Waals surface area (Å²) in [6.45, 7) is 0. The lowest BCUT2D eigenvalue weighted by Gasteiger charge is -1.90. The lowest BCUT2D eigenvalue weighted by Crippen LogP contribution is -1.93. The quantitative estimate of drug-likeness (QED) is 0.314. The van der Waals surface area contributed by atoms with Gasteiger partial charge in [-0.1, -0.05) is 0 Å². The highest BCUT2D eigenvalue weighted by Crippen LogP contribution is 1.81. The first-order valence-electron chi connectivity index (χ1n) is 1.49. The summed E-state index contributed by atoms with van der Waals surface area (Å²) >= 11 is 0. The van der Waals surface area contributed by atoms with Crippen molar-refractivity contribution in [2.45, 2.75) is 0 Å². The number of rotatable bonds is 0. The Labute approximate surface area is 34.5 Å². The summed E-state index contributed by atoms with van der Waals surface area (Å²) in [5.41, 5.74) is 0. The molecular formula is C3H3NO2. The van der Waals surface area contributed by atoms with Gasteiger partial charge in [-0.05, 0) is 0 Å². The van der Waals surface area contributed by atoms with Gasteiger partial charge in [-0.15, -0.1) is 0 Å². The Balaban J connectivity index is 3.05. The summed E-state index contributed by atoms with van der Waals surface area (Å²) in [6.07, 6.45) is 3.76. The normalized spacial score (nSPS) is 8.67. The number of oxazole rings is 1. The molecule has 0 N–H and O–H groups in total. The van der Waals surface area contributed by atoms with Crippen LogP contribution >= 0.6 is 0 Å². The predicted octanol–water partition coefficient (Wildman–Crippen LogP) is -0.514. The van der Waals surface area contributed by atoms with Crippen LogP contribution in [-0.4, -0.2) is 4.98 Å². The molecule has 0 spiro atoms. The molecule has 0 bridgehead atoms. The van der Waals surface area contributed by atoms with Gasteiger partial charge >= 0.3 is 6.39 Å². The molecule has 0 aliphatic carbocycles. The molecule has 0 fully saturated rings. The monoisotopic (exact) mass is 85.0 g/mol. The molecule has 0 atom stereocenters. The molecule has 0 radical (unpaired) electrons. The molecule has 0 saturated carbocycles. The lowest BCUT2D eigenvalue weighted by atomic mass is 11.0. The molecule has 1 aromatic rings. The van der Waals surface area contributed by atoms with E-state index in [0.717, 1.165) is 6.39 Å². The smallest absolute Gasteiger partial charge is 0.345 e. The Morgan fingerprint density at radius 3 is 2.67 bits per heavy atom. The Kier molecular flexibility index (Phi) is 0.538. The van der Waals surface area contributed by atoms with E-state index in [1.807, 2.05) is 0 Å². The van der Waals surface area contributed by atoms with Crippen molar-refractivity contribution in [2.75, 3.05) is 0 Å². The maximum absolute atomic E-state index is 9.84. The molecule has 3 heteroatoms. The summed E-state index contributed by atoms with van der Waals surface area (Å²) in [6, 6.07) is 0. The van der Waals surface area contributed by atoms with Gasteiger partial charge in [-0.2, -0.15) is 4.98 Å². The van der Waals surface area contributed by atoms with Gasteiger partial charge in [0.2, 0.25) is 0 Å². The van der Waals surface area contributed by atoms with Gasteiger partial charge in [-0.3, -0.25) is 0 Å². The third-order valence-corrected chi connectivity index (χ3v) is 0.446. The van der Waals surface area contributed by atoms with Crippen LogP contribution in [0.4, 0.5) is 0 Å². The highest BCUT2D eigenvalue weighted by molar-refractivity contribution is 4.57.